The van der Waals surface area contributed by atoms with Crippen molar-refractivity contribution in [3.05, 3.63) is 158 Å². The fraction of sp³-hybridized carbons (Fsp3) is 0.0588. The van der Waals surface area contributed by atoms with Crippen LogP contribution in [-0.2, 0) is 6.54 Å². The maximum atomic E-state index is 4.24. The summed E-state index contributed by atoms with van der Waals surface area (Å²) in [4.78, 5) is 0. The molecule has 37 heavy (non-hydrogen) atoms. The van der Waals surface area contributed by atoms with Crippen molar-refractivity contribution < 1.29 is 4.68 Å². The van der Waals surface area contributed by atoms with Gasteiger partial charge in [0.15, 0.2) is 6.54 Å². The molecule has 5 aromatic carbocycles. The van der Waals surface area contributed by atoms with E-state index >= 15 is 0 Å². The predicted octanol–water partition coefficient (Wildman–Crippen LogP) is 4.61. The SMILES string of the molecule is CC[n+]1nccc2ccccc21.c1ccc([B-](c2ccccc2)(c2ccccc2)c2ccccc2)cc1. The second kappa shape index (κ2) is 11.5. The van der Waals surface area contributed by atoms with Crippen molar-refractivity contribution in [3.8, 4) is 0 Å². The van der Waals surface area contributed by atoms with Crippen molar-refractivity contribution in [3.63, 3.8) is 0 Å². The average molecular weight is 478 g/mol. The number of para-hydroxylation sites is 1. The van der Waals surface area contributed by atoms with E-state index in [1.807, 2.05) is 29.1 Å². The lowest BCUT2D eigenvalue weighted by atomic mass is 9.13. The lowest BCUT2D eigenvalue weighted by Gasteiger charge is -2.44. The molecule has 0 saturated carbocycles. The van der Waals surface area contributed by atoms with E-state index in [1.165, 1.54) is 32.8 Å². The highest BCUT2D eigenvalue weighted by atomic mass is 15.3. The molecule has 180 valence electrons. The average Bonchev–Trinajstić information content (AvgIpc) is 3.00. The zero-order valence-corrected chi connectivity index (χ0v) is 21.2. The maximum Gasteiger partial charge on any atom is 0.239 e. The minimum absolute atomic E-state index is 0.918. The summed E-state index contributed by atoms with van der Waals surface area (Å²) in [5.41, 5.74) is 6.55. The minimum Gasteiger partial charge on any atom is -0.195 e. The van der Waals surface area contributed by atoms with Gasteiger partial charge in [0.25, 0.3) is 0 Å². The van der Waals surface area contributed by atoms with E-state index in [2.05, 4.69) is 145 Å². The standard InChI is InChI=1S/C24H20B.C10H11N2/c1-5-13-21(14-6-1)25(22-15-7-2-8-16-22,23-17-9-3-10-18-23)24-19-11-4-12-20-24;1-2-12-10-6-4-3-5-9(10)7-8-11-12/h1-20H;3-8H,2H2,1H3/q-1;+1. The van der Waals surface area contributed by atoms with Gasteiger partial charge in [-0.3, -0.25) is 0 Å². The first-order valence-electron chi connectivity index (χ1n) is 13.0. The number of aromatic nitrogens is 2. The minimum atomic E-state index is -1.22. The Balaban J connectivity index is 0.000000195. The number of aryl methyl sites for hydroxylation is 1. The molecule has 0 aliphatic carbocycles. The Hall–Kier alpha value is -4.50. The molecule has 0 radical (unpaired) electrons. The van der Waals surface area contributed by atoms with Crippen LogP contribution in [0.25, 0.3) is 10.9 Å². The molecule has 0 bridgehead atoms. The molecule has 6 aromatic rings. The van der Waals surface area contributed by atoms with Crippen molar-refractivity contribution in [2.45, 2.75) is 13.5 Å². The highest BCUT2D eigenvalue weighted by Gasteiger charge is 2.31. The van der Waals surface area contributed by atoms with Gasteiger partial charge in [-0.15, -0.1) is 0 Å². The summed E-state index contributed by atoms with van der Waals surface area (Å²) >= 11 is 0. The molecule has 0 saturated heterocycles. The number of benzene rings is 5. The van der Waals surface area contributed by atoms with E-state index in [9.17, 15) is 0 Å². The van der Waals surface area contributed by atoms with Crippen molar-refractivity contribution in [1.82, 2.24) is 5.10 Å². The van der Waals surface area contributed by atoms with Crippen LogP contribution in [0.15, 0.2) is 158 Å². The summed E-state index contributed by atoms with van der Waals surface area (Å²) in [7, 11) is 0. The van der Waals surface area contributed by atoms with Gasteiger partial charge < -0.3 is 0 Å². The Morgan fingerprint density at radius 1 is 0.486 bits per heavy atom. The Labute approximate surface area is 219 Å². The van der Waals surface area contributed by atoms with E-state index < -0.39 is 6.15 Å². The Bertz CT molecular complexity index is 1370. The number of hydrogen-bond donors (Lipinski definition) is 0. The zero-order valence-electron chi connectivity index (χ0n) is 21.2. The van der Waals surface area contributed by atoms with Crippen molar-refractivity contribution in [1.29, 1.82) is 0 Å². The van der Waals surface area contributed by atoms with Crippen LogP contribution in [0.3, 0.4) is 0 Å². The fourth-order valence-electron chi connectivity index (χ4n) is 5.49. The molecule has 0 amide bonds. The van der Waals surface area contributed by atoms with Crippen molar-refractivity contribution in [2.75, 3.05) is 0 Å². The van der Waals surface area contributed by atoms with Crippen LogP contribution in [0.2, 0.25) is 0 Å². The van der Waals surface area contributed by atoms with Crippen molar-refractivity contribution >= 4 is 38.9 Å². The lowest BCUT2D eigenvalue weighted by molar-refractivity contribution is -0.726. The molecule has 6 rings (SSSR count). The quantitative estimate of drug-likeness (QED) is 0.261. The van der Waals surface area contributed by atoms with Gasteiger partial charge in [-0.2, -0.15) is 21.9 Å². The molecule has 0 N–H and O–H groups in total. The van der Waals surface area contributed by atoms with Gasteiger partial charge in [0.05, 0.1) is 11.6 Å². The fourth-order valence-corrected chi connectivity index (χ4v) is 5.49. The summed E-state index contributed by atoms with van der Waals surface area (Å²) in [5.74, 6) is 0. The number of nitrogens with zero attached hydrogens (tertiary/aromatic N) is 2. The van der Waals surface area contributed by atoms with E-state index in [4.69, 9.17) is 0 Å². The van der Waals surface area contributed by atoms with E-state index in [-0.39, 0.29) is 0 Å². The van der Waals surface area contributed by atoms with Gasteiger partial charge in [-0.05, 0) is 24.2 Å². The molecular formula is C34H31BN2. The normalized spacial score (nSPS) is 10.9. The third-order valence-corrected chi connectivity index (χ3v) is 7.17. The van der Waals surface area contributed by atoms with Crippen LogP contribution in [0, 0.1) is 0 Å². The van der Waals surface area contributed by atoms with Gasteiger partial charge in [0, 0.05) is 6.07 Å². The summed E-state index contributed by atoms with van der Waals surface area (Å²) in [6.45, 7) is 3.01. The monoisotopic (exact) mass is 478 g/mol. The van der Waals surface area contributed by atoms with Gasteiger partial charge in [-0.25, -0.2) is 0 Å². The smallest absolute Gasteiger partial charge is 0.195 e. The van der Waals surface area contributed by atoms with Crippen LogP contribution >= 0.6 is 0 Å². The molecule has 0 spiro atoms. The van der Waals surface area contributed by atoms with Crippen LogP contribution in [0.4, 0.5) is 0 Å². The largest absolute Gasteiger partial charge is 0.239 e. The van der Waals surface area contributed by atoms with Gasteiger partial charge >= 0.3 is 0 Å². The third kappa shape index (κ3) is 4.94. The van der Waals surface area contributed by atoms with Gasteiger partial charge in [-0.1, -0.05) is 138 Å². The van der Waals surface area contributed by atoms with Crippen LogP contribution in [-0.4, -0.2) is 11.2 Å². The first kappa shape index (κ1) is 24.2. The first-order chi connectivity index (χ1) is 18.3. The molecule has 0 atom stereocenters. The second-order valence-corrected chi connectivity index (χ2v) is 9.21. The molecule has 0 fully saturated rings. The van der Waals surface area contributed by atoms with Gasteiger partial charge in [0.2, 0.25) is 5.52 Å². The number of fused-ring (bicyclic) bond motifs is 1. The molecule has 0 aliphatic heterocycles. The summed E-state index contributed by atoms with van der Waals surface area (Å²) in [6.07, 6.45) is 0.624. The molecule has 1 aromatic heterocycles. The summed E-state index contributed by atoms with van der Waals surface area (Å²) < 4.78 is 2.00. The number of hydrogen-bond acceptors (Lipinski definition) is 1. The molecule has 2 nitrogen and oxygen atoms in total. The van der Waals surface area contributed by atoms with Crippen LogP contribution in [0.5, 0.6) is 0 Å². The van der Waals surface area contributed by atoms with Gasteiger partial charge in [0.1, 0.15) is 6.15 Å². The maximum absolute atomic E-state index is 4.24. The summed E-state index contributed by atoms with van der Waals surface area (Å²) in [6, 6.07) is 53.8. The predicted molar refractivity (Wildman–Crippen MR) is 158 cm³/mol. The van der Waals surface area contributed by atoms with Crippen molar-refractivity contribution in [2.24, 2.45) is 0 Å². The third-order valence-electron chi connectivity index (χ3n) is 7.17. The van der Waals surface area contributed by atoms with E-state index in [0.717, 1.165) is 6.54 Å². The van der Waals surface area contributed by atoms with Crippen LogP contribution < -0.4 is 26.5 Å². The second-order valence-electron chi connectivity index (χ2n) is 9.21. The molecule has 3 heteroatoms. The summed E-state index contributed by atoms with van der Waals surface area (Å²) in [5, 5.41) is 5.49. The van der Waals surface area contributed by atoms with E-state index in [0.29, 0.717) is 0 Å². The number of rotatable bonds is 5. The zero-order chi connectivity index (χ0) is 25.3. The molecule has 0 unspecified atom stereocenters. The topological polar surface area (TPSA) is 16.8 Å². The van der Waals surface area contributed by atoms with Crippen LogP contribution in [0.1, 0.15) is 6.92 Å². The Morgan fingerprint density at radius 2 is 0.865 bits per heavy atom. The highest BCUT2D eigenvalue weighted by Crippen LogP contribution is 2.09. The Morgan fingerprint density at radius 3 is 1.27 bits per heavy atom. The highest BCUT2D eigenvalue weighted by molar-refractivity contribution is 7.19. The first-order valence-corrected chi connectivity index (χ1v) is 13.0. The molecule has 1 heterocycles. The molecular weight excluding hydrogens is 447 g/mol. The van der Waals surface area contributed by atoms with E-state index in [1.54, 1.807) is 0 Å². The lowest BCUT2D eigenvalue weighted by Crippen LogP contribution is -2.74. The Kier molecular flexibility index (Phi) is 7.52. The molecule has 0 aliphatic rings.